The van der Waals surface area contributed by atoms with Gasteiger partial charge in [0.05, 0.1) is 19.3 Å². The highest BCUT2D eigenvalue weighted by atomic mass is 127. The molecule has 23 heavy (non-hydrogen) atoms. The van der Waals surface area contributed by atoms with E-state index in [1.807, 2.05) is 18.4 Å². The number of nitrogens with zero attached hydrogens (tertiary/aromatic N) is 2. The number of hydrogen-bond acceptors (Lipinski definition) is 4. The second-order valence-electron chi connectivity index (χ2n) is 6.51. The number of hydrogen-bond donors (Lipinski definition) is 2. The normalized spacial score (nSPS) is 18.2. The molecule has 0 bridgehead atoms. The van der Waals surface area contributed by atoms with E-state index in [0.717, 1.165) is 38.8 Å². The van der Waals surface area contributed by atoms with Gasteiger partial charge in [-0.2, -0.15) is 0 Å². The maximum Gasteiger partial charge on any atom is 0.191 e. The Morgan fingerprint density at radius 3 is 2.61 bits per heavy atom. The summed E-state index contributed by atoms with van der Waals surface area (Å²) in [6.45, 7) is 10.9. The van der Waals surface area contributed by atoms with Gasteiger partial charge in [-0.25, -0.2) is 0 Å². The van der Waals surface area contributed by atoms with Gasteiger partial charge in [0.2, 0.25) is 0 Å². The molecule has 1 atom stereocenters. The first kappa shape index (κ1) is 20.7. The van der Waals surface area contributed by atoms with Crippen molar-refractivity contribution in [1.29, 1.82) is 0 Å². The van der Waals surface area contributed by atoms with E-state index in [9.17, 15) is 0 Å². The summed E-state index contributed by atoms with van der Waals surface area (Å²) >= 11 is 1.81. The highest BCUT2D eigenvalue weighted by Gasteiger charge is 2.24. The van der Waals surface area contributed by atoms with Gasteiger partial charge in [0.1, 0.15) is 0 Å². The highest BCUT2D eigenvalue weighted by Crippen LogP contribution is 2.25. The molecule has 7 heteroatoms. The van der Waals surface area contributed by atoms with Gasteiger partial charge in [-0.05, 0) is 32.2 Å². The third-order valence-corrected chi connectivity index (χ3v) is 4.51. The summed E-state index contributed by atoms with van der Waals surface area (Å²) in [5.74, 6) is 0.849. The first-order chi connectivity index (χ1) is 10.5. The minimum absolute atomic E-state index is 0. The molecule has 5 nitrogen and oxygen atoms in total. The predicted molar refractivity (Wildman–Crippen MR) is 109 cm³/mol. The molecule has 132 valence electrons. The summed E-state index contributed by atoms with van der Waals surface area (Å²) in [7, 11) is 1.82. The van der Waals surface area contributed by atoms with Crippen LogP contribution in [0.4, 0.5) is 0 Å². The van der Waals surface area contributed by atoms with Crippen LogP contribution in [-0.4, -0.2) is 56.3 Å². The number of thiophene rings is 1. The Hall–Kier alpha value is -0.380. The highest BCUT2D eigenvalue weighted by molar-refractivity contribution is 14.0. The second-order valence-corrected chi connectivity index (χ2v) is 7.49. The zero-order chi connectivity index (χ0) is 16.0. The maximum absolute atomic E-state index is 5.49. The first-order valence-electron chi connectivity index (χ1n) is 7.83. The minimum atomic E-state index is -0.000758. The molecular weight excluding hydrogens is 423 g/mol. The molecule has 0 radical (unpaired) electrons. The number of morpholine rings is 1. The van der Waals surface area contributed by atoms with Gasteiger partial charge < -0.3 is 15.4 Å². The van der Waals surface area contributed by atoms with Crippen LogP contribution in [0.1, 0.15) is 31.7 Å². The summed E-state index contributed by atoms with van der Waals surface area (Å²) in [5, 5.41) is 9.03. The van der Waals surface area contributed by atoms with E-state index in [1.54, 1.807) is 0 Å². The van der Waals surface area contributed by atoms with E-state index in [4.69, 9.17) is 4.74 Å². The van der Waals surface area contributed by atoms with Crippen molar-refractivity contribution in [2.75, 3.05) is 39.9 Å². The van der Waals surface area contributed by atoms with Gasteiger partial charge in [0.15, 0.2) is 5.96 Å². The molecule has 0 spiro atoms. The molecule has 1 unspecified atom stereocenters. The van der Waals surface area contributed by atoms with Crippen molar-refractivity contribution in [2.45, 2.75) is 32.4 Å². The first-order valence-corrected chi connectivity index (χ1v) is 8.71. The fourth-order valence-corrected chi connectivity index (χ4v) is 3.37. The van der Waals surface area contributed by atoms with Crippen LogP contribution >= 0.6 is 35.3 Å². The third kappa shape index (κ3) is 6.94. The van der Waals surface area contributed by atoms with Crippen molar-refractivity contribution < 1.29 is 4.74 Å². The summed E-state index contributed by atoms with van der Waals surface area (Å²) in [4.78, 5) is 8.21. The van der Waals surface area contributed by atoms with Crippen molar-refractivity contribution in [1.82, 2.24) is 15.5 Å². The van der Waals surface area contributed by atoms with Crippen LogP contribution in [0.3, 0.4) is 0 Å². The van der Waals surface area contributed by atoms with Crippen LogP contribution in [0, 0.1) is 0 Å². The third-order valence-electron chi connectivity index (χ3n) is 3.54. The van der Waals surface area contributed by atoms with Gasteiger partial charge >= 0.3 is 0 Å². The largest absolute Gasteiger partial charge is 0.379 e. The molecule has 1 aliphatic rings. The summed E-state index contributed by atoms with van der Waals surface area (Å²) in [6.07, 6.45) is 0. The monoisotopic (exact) mass is 452 g/mol. The molecular formula is C16H29IN4OS. The van der Waals surface area contributed by atoms with Crippen LogP contribution in [-0.2, 0) is 4.74 Å². The average Bonchev–Trinajstić information content (AvgIpc) is 3.00. The molecule has 0 amide bonds. The van der Waals surface area contributed by atoms with Crippen molar-refractivity contribution in [3.05, 3.63) is 22.4 Å². The standard InChI is InChI=1S/C16H28N4OS.HI/c1-16(2,3)19-15(17-4)18-12-13(14-6-5-11-22-14)20-7-9-21-10-8-20;/h5-6,11,13H,7-10,12H2,1-4H3,(H2,17,18,19);1H. The molecule has 1 saturated heterocycles. The molecule has 2 rings (SSSR count). The van der Waals surface area contributed by atoms with E-state index in [0.29, 0.717) is 6.04 Å². The van der Waals surface area contributed by atoms with Crippen LogP contribution in [0.15, 0.2) is 22.5 Å². The fourth-order valence-electron chi connectivity index (χ4n) is 2.51. The number of aliphatic imine (C=N–C) groups is 1. The SMILES string of the molecule is CN=C(NCC(c1cccs1)N1CCOCC1)NC(C)(C)C.I. The van der Waals surface area contributed by atoms with E-state index < -0.39 is 0 Å². The summed E-state index contributed by atoms with van der Waals surface area (Å²) < 4.78 is 5.49. The molecule has 2 N–H and O–H groups in total. The zero-order valence-corrected chi connectivity index (χ0v) is 17.6. The van der Waals surface area contributed by atoms with E-state index in [2.05, 4.69) is 58.8 Å². The molecule has 0 saturated carbocycles. The van der Waals surface area contributed by atoms with Gasteiger partial charge in [-0.15, -0.1) is 35.3 Å². The van der Waals surface area contributed by atoms with Gasteiger partial charge in [-0.3, -0.25) is 9.89 Å². The molecule has 1 aromatic heterocycles. The van der Waals surface area contributed by atoms with Gasteiger partial charge in [-0.1, -0.05) is 6.07 Å². The predicted octanol–water partition coefficient (Wildman–Crippen LogP) is 2.70. The Morgan fingerprint density at radius 1 is 1.39 bits per heavy atom. The van der Waals surface area contributed by atoms with Crippen molar-refractivity contribution in [2.24, 2.45) is 4.99 Å². The lowest BCUT2D eigenvalue weighted by atomic mass is 10.1. The quantitative estimate of drug-likeness (QED) is 0.419. The molecule has 0 aliphatic carbocycles. The van der Waals surface area contributed by atoms with E-state index >= 15 is 0 Å². The Labute approximate surface area is 160 Å². The van der Waals surface area contributed by atoms with Crippen molar-refractivity contribution in [3.8, 4) is 0 Å². The Kier molecular flexibility index (Phi) is 8.81. The van der Waals surface area contributed by atoms with Crippen LogP contribution in [0.25, 0.3) is 0 Å². The smallest absolute Gasteiger partial charge is 0.191 e. The topological polar surface area (TPSA) is 48.9 Å². The number of guanidine groups is 1. The molecule has 1 aliphatic heterocycles. The lowest BCUT2D eigenvalue weighted by Crippen LogP contribution is -2.50. The second kappa shape index (κ2) is 9.80. The van der Waals surface area contributed by atoms with Crippen molar-refractivity contribution in [3.63, 3.8) is 0 Å². The summed E-state index contributed by atoms with van der Waals surface area (Å²) in [5.41, 5.74) is -0.000758. The Bertz CT molecular complexity index is 467. The minimum Gasteiger partial charge on any atom is -0.379 e. The number of rotatable bonds is 4. The maximum atomic E-state index is 5.49. The number of halogens is 1. The van der Waals surface area contributed by atoms with Crippen LogP contribution < -0.4 is 10.6 Å². The van der Waals surface area contributed by atoms with E-state index in [-0.39, 0.29) is 29.5 Å². The van der Waals surface area contributed by atoms with Crippen LogP contribution in [0.2, 0.25) is 0 Å². The summed E-state index contributed by atoms with van der Waals surface area (Å²) in [6, 6.07) is 4.70. The molecule has 2 heterocycles. The van der Waals surface area contributed by atoms with Crippen molar-refractivity contribution >= 4 is 41.3 Å². The van der Waals surface area contributed by atoms with Gasteiger partial charge in [0.25, 0.3) is 0 Å². The average molecular weight is 452 g/mol. The van der Waals surface area contributed by atoms with E-state index in [1.165, 1.54) is 4.88 Å². The van der Waals surface area contributed by atoms with Gasteiger partial charge in [0, 0.05) is 37.1 Å². The van der Waals surface area contributed by atoms with Crippen LogP contribution in [0.5, 0.6) is 0 Å². The number of ether oxygens (including phenoxy) is 1. The Balaban J connectivity index is 0.00000264. The number of nitrogens with one attached hydrogen (secondary N) is 2. The zero-order valence-electron chi connectivity index (χ0n) is 14.5. The fraction of sp³-hybridized carbons (Fsp3) is 0.688. The molecule has 0 aromatic carbocycles. The molecule has 1 fully saturated rings. The molecule has 1 aromatic rings. The lowest BCUT2D eigenvalue weighted by molar-refractivity contribution is 0.0177. The lowest BCUT2D eigenvalue weighted by Gasteiger charge is -2.34. The Morgan fingerprint density at radius 2 is 2.09 bits per heavy atom.